The van der Waals surface area contributed by atoms with Crippen LogP contribution in [0.3, 0.4) is 0 Å². The first-order valence-electron chi connectivity index (χ1n) is 5.86. The highest BCUT2D eigenvalue weighted by atomic mass is 16.5. The summed E-state index contributed by atoms with van der Waals surface area (Å²) in [5.41, 5.74) is 0.855. The van der Waals surface area contributed by atoms with Gasteiger partial charge < -0.3 is 9.84 Å². The summed E-state index contributed by atoms with van der Waals surface area (Å²) in [7, 11) is 0. The van der Waals surface area contributed by atoms with E-state index in [1.54, 1.807) is 30.3 Å². The van der Waals surface area contributed by atoms with Gasteiger partial charge in [0, 0.05) is 6.08 Å². The number of phenols is 1. The highest BCUT2D eigenvalue weighted by Gasteiger charge is 1.96. The molecule has 0 fully saturated rings. The summed E-state index contributed by atoms with van der Waals surface area (Å²) in [5, 5.41) is 9.09. The molecule has 1 N–H and O–H groups in total. The molecule has 1 rings (SSSR count). The maximum Gasteiger partial charge on any atom is 0.330 e. The monoisotopic (exact) mass is 234 g/mol. The number of carbonyl (C=O) groups is 1. The number of aromatic hydroxyl groups is 1. The Kier molecular flexibility index (Phi) is 5.86. The highest BCUT2D eigenvalue weighted by Crippen LogP contribution is 2.10. The van der Waals surface area contributed by atoms with Crippen LogP contribution in [-0.4, -0.2) is 17.7 Å². The molecule has 0 unspecified atom stereocenters. The van der Waals surface area contributed by atoms with Crippen LogP contribution in [0.25, 0.3) is 6.08 Å². The molecule has 0 aliphatic carbocycles. The maximum absolute atomic E-state index is 11.3. The zero-order chi connectivity index (χ0) is 12.5. The molecule has 0 aliphatic rings. The molecule has 3 nitrogen and oxygen atoms in total. The third kappa shape index (κ3) is 5.76. The zero-order valence-corrected chi connectivity index (χ0v) is 10.1. The minimum atomic E-state index is -0.325. The van der Waals surface area contributed by atoms with Crippen molar-refractivity contribution in [1.29, 1.82) is 0 Å². The Bertz CT molecular complexity index is 366. The number of carbonyl (C=O) groups excluding carboxylic acids is 1. The van der Waals surface area contributed by atoms with Gasteiger partial charge in [-0.05, 0) is 30.2 Å². The lowest BCUT2D eigenvalue weighted by Gasteiger charge is -2.00. The van der Waals surface area contributed by atoms with Crippen molar-refractivity contribution < 1.29 is 14.6 Å². The first kappa shape index (κ1) is 13.3. The van der Waals surface area contributed by atoms with Crippen LogP contribution in [0.1, 0.15) is 31.7 Å². The molecule has 3 heteroatoms. The number of benzene rings is 1. The van der Waals surface area contributed by atoms with Crippen molar-refractivity contribution in [3.63, 3.8) is 0 Å². The lowest BCUT2D eigenvalue weighted by Crippen LogP contribution is -2.01. The van der Waals surface area contributed by atoms with Crippen LogP contribution in [0.5, 0.6) is 5.75 Å². The molecular formula is C14H18O3. The van der Waals surface area contributed by atoms with Crippen molar-refractivity contribution >= 4 is 12.0 Å². The normalized spacial score (nSPS) is 10.6. The lowest BCUT2D eigenvalue weighted by molar-refractivity contribution is -0.137. The number of phenolic OH excluding ortho intramolecular Hbond substituents is 1. The molecule has 92 valence electrons. The number of rotatable bonds is 6. The fourth-order valence-electron chi connectivity index (χ4n) is 1.32. The number of ether oxygens (including phenoxy) is 1. The number of esters is 1. The van der Waals surface area contributed by atoms with E-state index in [9.17, 15) is 4.79 Å². The minimum Gasteiger partial charge on any atom is -0.508 e. The van der Waals surface area contributed by atoms with E-state index in [0.29, 0.717) is 6.61 Å². The summed E-state index contributed by atoms with van der Waals surface area (Å²) in [6.45, 7) is 2.58. The van der Waals surface area contributed by atoms with Crippen LogP contribution in [0.15, 0.2) is 30.3 Å². The smallest absolute Gasteiger partial charge is 0.330 e. The van der Waals surface area contributed by atoms with Crippen molar-refractivity contribution in [3.8, 4) is 5.75 Å². The Balaban J connectivity index is 2.32. The second kappa shape index (κ2) is 7.49. The molecule has 0 heterocycles. The van der Waals surface area contributed by atoms with Crippen LogP contribution in [-0.2, 0) is 9.53 Å². The summed E-state index contributed by atoms with van der Waals surface area (Å²) in [5.74, 6) is -0.113. The van der Waals surface area contributed by atoms with Gasteiger partial charge in [0.25, 0.3) is 0 Å². The van der Waals surface area contributed by atoms with E-state index in [-0.39, 0.29) is 11.7 Å². The Labute approximate surface area is 102 Å². The van der Waals surface area contributed by atoms with Gasteiger partial charge >= 0.3 is 5.97 Å². The average Bonchev–Trinajstić information content (AvgIpc) is 2.34. The van der Waals surface area contributed by atoms with Crippen LogP contribution in [0.4, 0.5) is 0 Å². The molecule has 0 saturated carbocycles. The van der Waals surface area contributed by atoms with E-state index >= 15 is 0 Å². The Morgan fingerprint density at radius 1 is 1.29 bits per heavy atom. The van der Waals surface area contributed by atoms with E-state index in [4.69, 9.17) is 9.84 Å². The van der Waals surface area contributed by atoms with E-state index in [1.807, 2.05) is 0 Å². The third-order valence-corrected chi connectivity index (χ3v) is 2.30. The van der Waals surface area contributed by atoms with E-state index in [0.717, 1.165) is 24.8 Å². The molecule has 0 amide bonds. The summed E-state index contributed by atoms with van der Waals surface area (Å²) >= 11 is 0. The fourth-order valence-corrected chi connectivity index (χ4v) is 1.32. The lowest BCUT2D eigenvalue weighted by atomic mass is 10.2. The van der Waals surface area contributed by atoms with Gasteiger partial charge in [0.15, 0.2) is 0 Å². The van der Waals surface area contributed by atoms with Crippen LogP contribution in [0, 0.1) is 0 Å². The van der Waals surface area contributed by atoms with Gasteiger partial charge in [-0.2, -0.15) is 0 Å². The standard InChI is InChI=1S/C14H18O3/c1-2-3-4-11-17-14(16)10-7-12-5-8-13(15)9-6-12/h5-10,15H,2-4,11H2,1H3. The van der Waals surface area contributed by atoms with Gasteiger partial charge in [0.1, 0.15) is 5.75 Å². The number of unbranched alkanes of at least 4 members (excludes halogenated alkanes) is 2. The van der Waals surface area contributed by atoms with Crippen molar-refractivity contribution in [2.75, 3.05) is 6.61 Å². The molecule has 0 aliphatic heterocycles. The Morgan fingerprint density at radius 3 is 2.65 bits per heavy atom. The van der Waals surface area contributed by atoms with Gasteiger partial charge in [0.05, 0.1) is 6.61 Å². The summed E-state index contributed by atoms with van der Waals surface area (Å²) in [6, 6.07) is 6.62. The first-order chi connectivity index (χ1) is 8.22. The average molecular weight is 234 g/mol. The summed E-state index contributed by atoms with van der Waals surface area (Å²) in [4.78, 5) is 11.3. The van der Waals surface area contributed by atoms with Crippen LogP contribution >= 0.6 is 0 Å². The quantitative estimate of drug-likeness (QED) is 0.467. The predicted molar refractivity (Wildman–Crippen MR) is 67.6 cm³/mol. The Morgan fingerprint density at radius 2 is 2.00 bits per heavy atom. The van der Waals surface area contributed by atoms with E-state index in [1.165, 1.54) is 6.08 Å². The second-order valence-electron chi connectivity index (χ2n) is 3.80. The van der Waals surface area contributed by atoms with Gasteiger partial charge in [-0.25, -0.2) is 4.79 Å². The molecule has 0 saturated heterocycles. The fraction of sp³-hybridized carbons (Fsp3) is 0.357. The second-order valence-corrected chi connectivity index (χ2v) is 3.80. The first-order valence-corrected chi connectivity index (χ1v) is 5.86. The summed E-state index contributed by atoms with van der Waals surface area (Å²) < 4.78 is 5.01. The van der Waals surface area contributed by atoms with Crippen LogP contribution in [0.2, 0.25) is 0 Å². The third-order valence-electron chi connectivity index (χ3n) is 2.30. The SMILES string of the molecule is CCCCCOC(=O)C=Cc1ccc(O)cc1. The molecule has 17 heavy (non-hydrogen) atoms. The molecule has 0 aromatic heterocycles. The van der Waals surface area contributed by atoms with Gasteiger partial charge in [-0.3, -0.25) is 0 Å². The minimum absolute atomic E-state index is 0.212. The van der Waals surface area contributed by atoms with Crippen molar-refractivity contribution in [3.05, 3.63) is 35.9 Å². The van der Waals surface area contributed by atoms with E-state index in [2.05, 4.69) is 6.92 Å². The molecule has 0 radical (unpaired) electrons. The topological polar surface area (TPSA) is 46.5 Å². The van der Waals surface area contributed by atoms with Crippen molar-refractivity contribution in [2.24, 2.45) is 0 Å². The highest BCUT2D eigenvalue weighted by molar-refractivity contribution is 5.87. The molecule has 0 atom stereocenters. The molecular weight excluding hydrogens is 216 g/mol. The number of hydrogen-bond donors (Lipinski definition) is 1. The molecule has 0 bridgehead atoms. The number of hydrogen-bond acceptors (Lipinski definition) is 3. The van der Waals surface area contributed by atoms with Gasteiger partial charge in [-0.1, -0.05) is 31.9 Å². The van der Waals surface area contributed by atoms with E-state index < -0.39 is 0 Å². The zero-order valence-electron chi connectivity index (χ0n) is 10.1. The Hall–Kier alpha value is -1.77. The molecule has 1 aromatic carbocycles. The van der Waals surface area contributed by atoms with Crippen molar-refractivity contribution in [2.45, 2.75) is 26.2 Å². The largest absolute Gasteiger partial charge is 0.508 e. The predicted octanol–water partition coefficient (Wildman–Crippen LogP) is 3.14. The molecule has 0 spiro atoms. The van der Waals surface area contributed by atoms with Gasteiger partial charge in [0.2, 0.25) is 0 Å². The van der Waals surface area contributed by atoms with Gasteiger partial charge in [-0.15, -0.1) is 0 Å². The molecule has 1 aromatic rings. The van der Waals surface area contributed by atoms with Crippen LogP contribution < -0.4 is 0 Å². The maximum atomic E-state index is 11.3. The van der Waals surface area contributed by atoms with Crippen molar-refractivity contribution in [1.82, 2.24) is 0 Å². The summed E-state index contributed by atoms with van der Waals surface area (Å²) in [6.07, 6.45) is 6.17.